The molecule has 9 heteroatoms. The van der Waals surface area contributed by atoms with Crippen molar-refractivity contribution in [3.63, 3.8) is 0 Å². The van der Waals surface area contributed by atoms with E-state index in [1.165, 1.54) is 0 Å². The van der Waals surface area contributed by atoms with Crippen LogP contribution in [-0.4, -0.2) is 54.5 Å². The number of aryl methyl sites for hydroxylation is 2. The standard InChI is InChI=1S/C23H30N6O3/c1-14-11-15(2)29(26-14)13-20(30)28-9-4-3-5-19(28)21-24-18-12-27(23(32)16-6-7-16)10-8-17(18)22(31)25-21/h11,16,19H,3-10,12-13H2,1-2H3,(H,24,25,31)/t19-/m1/s1. The van der Waals surface area contributed by atoms with Crippen LogP contribution in [0.4, 0.5) is 0 Å². The number of aromatic nitrogens is 4. The zero-order valence-electron chi connectivity index (χ0n) is 18.8. The Kier molecular flexibility index (Phi) is 5.35. The molecule has 4 heterocycles. The molecule has 0 bridgehead atoms. The average molecular weight is 439 g/mol. The van der Waals surface area contributed by atoms with Gasteiger partial charge < -0.3 is 14.8 Å². The topological polar surface area (TPSA) is 104 Å². The van der Waals surface area contributed by atoms with Gasteiger partial charge in [0.25, 0.3) is 5.56 Å². The number of rotatable bonds is 4. The number of nitrogens with one attached hydrogen (secondary N) is 1. The Labute approximate surface area is 186 Å². The van der Waals surface area contributed by atoms with Crippen molar-refractivity contribution in [2.24, 2.45) is 5.92 Å². The summed E-state index contributed by atoms with van der Waals surface area (Å²) in [5.74, 6) is 0.847. The number of carbonyl (C=O) groups excluding carboxylic acids is 2. The van der Waals surface area contributed by atoms with Gasteiger partial charge in [0, 0.05) is 30.3 Å². The van der Waals surface area contributed by atoms with Crippen molar-refractivity contribution in [1.29, 1.82) is 0 Å². The van der Waals surface area contributed by atoms with Gasteiger partial charge in [-0.1, -0.05) is 0 Å². The second-order valence-corrected chi connectivity index (χ2v) is 9.34. The maximum Gasteiger partial charge on any atom is 0.254 e. The van der Waals surface area contributed by atoms with Crippen LogP contribution in [0.2, 0.25) is 0 Å². The van der Waals surface area contributed by atoms with Gasteiger partial charge in [-0.3, -0.25) is 19.1 Å². The summed E-state index contributed by atoms with van der Waals surface area (Å²) >= 11 is 0. The Hall–Kier alpha value is -2.97. The number of carbonyl (C=O) groups is 2. The minimum atomic E-state index is -0.263. The Morgan fingerprint density at radius 2 is 1.97 bits per heavy atom. The summed E-state index contributed by atoms with van der Waals surface area (Å²) in [4.78, 5) is 50.0. The number of piperidine rings is 1. The summed E-state index contributed by atoms with van der Waals surface area (Å²) in [6, 6.07) is 1.69. The molecule has 3 aliphatic rings. The molecule has 1 saturated heterocycles. The number of aromatic amines is 1. The fourth-order valence-electron chi connectivity index (χ4n) is 4.96. The van der Waals surface area contributed by atoms with E-state index >= 15 is 0 Å². The van der Waals surface area contributed by atoms with Gasteiger partial charge in [0.05, 0.1) is 24.0 Å². The monoisotopic (exact) mass is 438 g/mol. The molecule has 1 aliphatic carbocycles. The predicted octanol–water partition coefficient (Wildman–Crippen LogP) is 1.63. The third-order valence-corrected chi connectivity index (χ3v) is 6.86. The maximum absolute atomic E-state index is 13.2. The smallest absolute Gasteiger partial charge is 0.254 e. The van der Waals surface area contributed by atoms with E-state index in [-0.39, 0.29) is 35.9 Å². The van der Waals surface area contributed by atoms with Crippen molar-refractivity contribution in [2.45, 2.75) is 71.5 Å². The Morgan fingerprint density at radius 3 is 2.69 bits per heavy atom. The Bertz CT molecular complexity index is 1120. The first-order valence-electron chi connectivity index (χ1n) is 11.6. The Morgan fingerprint density at radius 1 is 1.16 bits per heavy atom. The number of hydrogen-bond donors (Lipinski definition) is 1. The molecule has 2 aliphatic heterocycles. The van der Waals surface area contributed by atoms with Crippen molar-refractivity contribution >= 4 is 11.8 Å². The normalized spacial score (nSPS) is 20.9. The van der Waals surface area contributed by atoms with Gasteiger partial charge >= 0.3 is 0 Å². The van der Waals surface area contributed by atoms with Crippen molar-refractivity contribution in [3.8, 4) is 0 Å². The molecule has 2 aromatic rings. The fraction of sp³-hybridized carbons (Fsp3) is 0.609. The molecular formula is C23H30N6O3. The van der Waals surface area contributed by atoms with Crippen LogP contribution < -0.4 is 5.56 Å². The number of likely N-dealkylation sites (tertiary alicyclic amines) is 1. The van der Waals surface area contributed by atoms with Crippen LogP contribution in [0.25, 0.3) is 0 Å². The molecule has 0 unspecified atom stereocenters. The maximum atomic E-state index is 13.2. The Balaban J connectivity index is 1.40. The summed E-state index contributed by atoms with van der Waals surface area (Å²) in [6.45, 7) is 5.62. The lowest BCUT2D eigenvalue weighted by Gasteiger charge is -2.36. The van der Waals surface area contributed by atoms with Gasteiger partial charge in [-0.25, -0.2) is 4.98 Å². The van der Waals surface area contributed by atoms with Gasteiger partial charge in [-0.15, -0.1) is 0 Å². The SMILES string of the molecule is Cc1cc(C)n(CC(=O)N2CCCC[C@@H]2c2nc3c(c(=O)[nH]2)CCN(C(=O)C2CC2)C3)n1. The first-order valence-corrected chi connectivity index (χ1v) is 11.6. The van der Waals surface area contributed by atoms with Crippen LogP contribution in [0.3, 0.4) is 0 Å². The molecule has 0 spiro atoms. The summed E-state index contributed by atoms with van der Waals surface area (Å²) in [5, 5.41) is 4.42. The third-order valence-electron chi connectivity index (χ3n) is 6.86. The molecule has 1 saturated carbocycles. The zero-order chi connectivity index (χ0) is 22.4. The van der Waals surface area contributed by atoms with E-state index in [4.69, 9.17) is 4.98 Å². The lowest BCUT2D eigenvalue weighted by atomic mass is 10.00. The molecule has 0 aromatic carbocycles. The number of fused-ring (bicyclic) bond motifs is 1. The molecule has 9 nitrogen and oxygen atoms in total. The van der Waals surface area contributed by atoms with Crippen LogP contribution in [0, 0.1) is 19.8 Å². The highest BCUT2D eigenvalue weighted by Crippen LogP contribution is 2.33. The summed E-state index contributed by atoms with van der Waals surface area (Å²) in [7, 11) is 0. The van der Waals surface area contributed by atoms with E-state index in [2.05, 4.69) is 10.1 Å². The highest BCUT2D eigenvalue weighted by molar-refractivity contribution is 5.81. The molecule has 32 heavy (non-hydrogen) atoms. The van der Waals surface area contributed by atoms with Crippen molar-refractivity contribution in [1.82, 2.24) is 29.5 Å². The number of hydrogen-bond acceptors (Lipinski definition) is 5. The second kappa shape index (κ2) is 8.18. The van der Waals surface area contributed by atoms with Crippen molar-refractivity contribution < 1.29 is 9.59 Å². The molecular weight excluding hydrogens is 408 g/mol. The first kappa shape index (κ1) is 20.9. The average Bonchev–Trinajstić information content (AvgIpc) is 3.58. The van der Waals surface area contributed by atoms with E-state index in [1.807, 2.05) is 29.7 Å². The molecule has 0 radical (unpaired) electrons. The zero-order valence-corrected chi connectivity index (χ0v) is 18.8. The summed E-state index contributed by atoms with van der Waals surface area (Å²) in [6.07, 6.45) is 5.12. The van der Waals surface area contributed by atoms with Crippen LogP contribution in [0.15, 0.2) is 10.9 Å². The molecule has 1 atom stereocenters. The number of H-pyrrole nitrogens is 1. The van der Waals surface area contributed by atoms with Crippen LogP contribution >= 0.6 is 0 Å². The quantitative estimate of drug-likeness (QED) is 0.781. The van der Waals surface area contributed by atoms with Crippen LogP contribution in [0.5, 0.6) is 0 Å². The highest BCUT2D eigenvalue weighted by Gasteiger charge is 2.36. The van der Waals surface area contributed by atoms with Gasteiger partial charge in [0.15, 0.2) is 0 Å². The highest BCUT2D eigenvalue weighted by atomic mass is 16.2. The van der Waals surface area contributed by atoms with Gasteiger partial charge in [-0.05, 0) is 58.4 Å². The van der Waals surface area contributed by atoms with Gasteiger partial charge in [0.1, 0.15) is 12.4 Å². The summed E-state index contributed by atoms with van der Waals surface area (Å²) < 4.78 is 1.73. The fourth-order valence-corrected chi connectivity index (χ4v) is 4.96. The molecule has 5 rings (SSSR count). The second-order valence-electron chi connectivity index (χ2n) is 9.34. The van der Waals surface area contributed by atoms with E-state index < -0.39 is 0 Å². The molecule has 2 fully saturated rings. The molecule has 1 N–H and O–H groups in total. The van der Waals surface area contributed by atoms with E-state index in [9.17, 15) is 14.4 Å². The van der Waals surface area contributed by atoms with Crippen molar-refractivity contribution in [3.05, 3.63) is 44.9 Å². The van der Waals surface area contributed by atoms with Gasteiger partial charge in [-0.2, -0.15) is 5.10 Å². The van der Waals surface area contributed by atoms with Crippen LogP contribution in [-0.2, 0) is 29.1 Å². The summed E-state index contributed by atoms with van der Waals surface area (Å²) in [5.41, 5.74) is 3.05. The lowest BCUT2D eigenvalue weighted by Crippen LogP contribution is -2.43. The number of nitrogens with zero attached hydrogens (tertiary/aromatic N) is 5. The lowest BCUT2D eigenvalue weighted by molar-refractivity contribution is -0.136. The van der Waals surface area contributed by atoms with E-state index in [0.29, 0.717) is 43.1 Å². The van der Waals surface area contributed by atoms with Crippen LogP contribution in [0.1, 0.15) is 66.6 Å². The largest absolute Gasteiger partial charge is 0.336 e. The van der Waals surface area contributed by atoms with E-state index in [1.54, 1.807) is 4.68 Å². The third kappa shape index (κ3) is 3.96. The number of amides is 2. The van der Waals surface area contributed by atoms with Crippen molar-refractivity contribution in [2.75, 3.05) is 13.1 Å². The first-order chi connectivity index (χ1) is 15.4. The van der Waals surface area contributed by atoms with Gasteiger partial charge in [0.2, 0.25) is 11.8 Å². The predicted molar refractivity (Wildman–Crippen MR) is 117 cm³/mol. The van der Waals surface area contributed by atoms with E-state index in [0.717, 1.165) is 43.5 Å². The molecule has 170 valence electrons. The minimum absolute atomic E-state index is 0.0215. The molecule has 2 amide bonds. The molecule has 2 aromatic heterocycles. The minimum Gasteiger partial charge on any atom is -0.336 e.